The van der Waals surface area contributed by atoms with Gasteiger partial charge in [0.05, 0.1) is 0 Å². The van der Waals surface area contributed by atoms with E-state index in [1.54, 1.807) is 0 Å². The molecule has 0 heterocycles. The van der Waals surface area contributed by atoms with Crippen molar-refractivity contribution in [3.63, 3.8) is 0 Å². The highest BCUT2D eigenvalue weighted by Gasteiger charge is 2.25. The maximum absolute atomic E-state index is 11.9. The molecule has 3 nitrogen and oxygen atoms in total. The number of rotatable bonds is 6. The van der Waals surface area contributed by atoms with Crippen molar-refractivity contribution in [2.24, 2.45) is 11.8 Å². The summed E-state index contributed by atoms with van der Waals surface area (Å²) in [5.41, 5.74) is 0. The molecule has 1 fully saturated rings. The van der Waals surface area contributed by atoms with Crippen LogP contribution in [0.3, 0.4) is 0 Å². The summed E-state index contributed by atoms with van der Waals surface area (Å²) in [6, 6.07) is 0.182. The van der Waals surface area contributed by atoms with Gasteiger partial charge in [-0.25, -0.2) is 0 Å². The van der Waals surface area contributed by atoms with Crippen molar-refractivity contribution in [1.82, 2.24) is 5.32 Å². The molecule has 0 aromatic rings. The van der Waals surface area contributed by atoms with Gasteiger partial charge in [0.1, 0.15) is 0 Å². The largest absolute Gasteiger partial charge is 0.396 e. The summed E-state index contributed by atoms with van der Waals surface area (Å²) in [6.45, 7) is 4.17. The first kappa shape index (κ1) is 14.5. The van der Waals surface area contributed by atoms with Crippen molar-refractivity contribution >= 4 is 5.91 Å². The average Bonchev–Trinajstić information content (AvgIpc) is 2.38. The predicted molar refractivity (Wildman–Crippen MR) is 69.7 cm³/mol. The second-order valence-electron chi connectivity index (χ2n) is 5.33. The second-order valence-corrected chi connectivity index (χ2v) is 5.33. The lowest BCUT2D eigenvalue weighted by atomic mass is 9.82. The predicted octanol–water partition coefficient (Wildman–Crippen LogP) is 2.48. The first-order valence-electron chi connectivity index (χ1n) is 7.10. The average molecular weight is 241 g/mol. The Kier molecular flexibility index (Phi) is 6.56. The van der Waals surface area contributed by atoms with Crippen LogP contribution in [-0.4, -0.2) is 23.7 Å². The third-order valence-electron chi connectivity index (χ3n) is 4.05. The third kappa shape index (κ3) is 4.66. The molecule has 0 saturated heterocycles. The van der Waals surface area contributed by atoms with E-state index >= 15 is 0 Å². The van der Waals surface area contributed by atoms with Gasteiger partial charge in [-0.3, -0.25) is 4.79 Å². The van der Waals surface area contributed by atoms with Crippen LogP contribution in [0.25, 0.3) is 0 Å². The molecule has 2 N–H and O–H groups in total. The molecule has 0 radical (unpaired) electrons. The van der Waals surface area contributed by atoms with E-state index in [1.165, 1.54) is 32.1 Å². The molecule has 3 heteroatoms. The van der Waals surface area contributed by atoms with Gasteiger partial charge in [0.2, 0.25) is 5.91 Å². The summed E-state index contributed by atoms with van der Waals surface area (Å²) in [7, 11) is 0. The lowest BCUT2D eigenvalue weighted by Crippen LogP contribution is -2.43. The molecule has 2 unspecified atom stereocenters. The van der Waals surface area contributed by atoms with Crippen LogP contribution >= 0.6 is 0 Å². The van der Waals surface area contributed by atoms with Gasteiger partial charge in [-0.05, 0) is 31.6 Å². The van der Waals surface area contributed by atoms with Gasteiger partial charge < -0.3 is 10.4 Å². The SMILES string of the molecule is CCC(C)C(=O)NC(CCO)C1CCCCC1. The minimum atomic E-state index is 0.0831. The minimum absolute atomic E-state index is 0.0831. The Morgan fingerprint density at radius 2 is 2.00 bits per heavy atom. The highest BCUT2D eigenvalue weighted by atomic mass is 16.3. The monoisotopic (exact) mass is 241 g/mol. The first-order chi connectivity index (χ1) is 8.19. The Morgan fingerprint density at radius 3 is 2.53 bits per heavy atom. The van der Waals surface area contributed by atoms with Crippen molar-refractivity contribution in [2.75, 3.05) is 6.61 Å². The molecule has 0 aliphatic heterocycles. The van der Waals surface area contributed by atoms with E-state index in [2.05, 4.69) is 5.32 Å². The molecule has 1 saturated carbocycles. The quantitative estimate of drug-likeness (QED) is 0.750. The fourth-order valence-electron chi connectivity index (χ4n) is 2.61. The Labute approximate surface area is 105 Å². The molecule has 0 aromatic heterocycles. The molecule has 1 amide bonds. The van der Waals surface area contributed by atoms with Crippen molar-refractivity contribution in [3.05, 3.63) is 0 Å². The van der Waals surface area contributed by atoms with E-state index in [0.29, 0.717) is 12.3 Å². The maximum Gasteiger partial charge on any atom is 0.223 e. The van der Waals surface area contributed by atoms with Crippen LogP contribution in [0.4, 0.5) is 0 Å². The maximum atomic E-state index is 11.9. The van der Waals surface area contributed by atoms with Crippen LogP contribution in [0.15, 0.2) is 0 Å². The number of aliphatic hydroxyl groups is 1. The number of nitrogens with one attached hydrogen (secondary N) is 1. The molecule has 0 aromatic carbocycles. The standard InChI is InChI=1S/C14H27NO2/c1-3-11(2)14(17)15-13(9-10-16)12-7-5-4-6-8-12/h11-13,16H,3-10H2,1-2H3,(H,15,17). The molecular formula is C14H27NO2. The number of amides is 1. The molecule has 2 atom stereocenters. The Hall–Kier alpha value is -0.570. The Morgan fingerprint density at radius 1 is 1.35 bits per heavy atom. The fourth-order valence-corrected chi connectivity index (χ4v) is 2.61. The van der Waals surface area contributed by atoms with Gasteiger partial charge in [0.25, 0.3) is 0 Å². The van der Waals surface area contributed by atoms with Crippen LogP contribution in [0.2, 0.25) is 0 Å². The van der Waals surface area contributed by atoms with Gasteiger partial charge in [0, 0.05) is 18.6 Å². The fraction of sp³-hybridized carbons (Fsp3) is 0.929. The van der Waals surface area contributed by atoms with Crippen molar-refractivity contribution in [2.45, 2.75) is 64.8 Å². The van der Waals surface area contributed by atoms with E-state index in [-0.39, 0.29) is 24.5 Å². The van der Waals surface area contributed by atoms with Gasteiger partial charge in [0.15, 0.2) is 0 Å². The molecule has 100 valence electrons. The lowest BCUT2D eigenvalue weighted by Gasteiger charge is -2.31. The zero-order valence-corrected chi connectivity index (χ0v) is 11.2. The molecule has 1 rings (SSSR count). The normalized spacial score (nSPS) is 20.9. The van der Waals surface area contributed by atoms with Gasteiger partial charge >= 0.3 is 0 Å². The molecule has 0 spiro atoms. The summed E-state index contributed by atoms with van der Waals surface area (Å²) >= 11 is 0. The summed E-state index contributed by atoms with van der Waals surface area (Å²) in [5.74, 6) is 0.806. The van der Waals surface area contributed by atoms with E-state index < -0.39 is 0 Å². The van der Waals surface area contributed by atoms with Crippen LogP contribution in [0, 0.1) is 11.8 Å². The lowest BCUT2D eigenvalue weighted by molar-refractivity contribution is -0.125. The topological polar surface area (TPSA) is 49.3 Å². The summed E-state index contributed by atoms with van der Waals surface area (Å²) < 4.78 is 0. The third-order valence-corrected chi connectivity index (χ3v) is 4.05. The van der Waals surface area contributed by atoms with Crippen LogP contribution < -0.4 is 5.32 Å². The number of hydrogen-bond donors (Lipinski definition) is 2. The molecular weight excluding hydrogens is 214 g/mol. The molecule has 1 aliphatic carbocycles. The van der Waals surface area contributed by atoms with Crippen molar-refractivity contribution in [3.8, 4) is 0 Å². The molecule has 0 bridgehead atoms. The molecule has 17 heavy (non-hydrogen) atoms. The van der Waals surface area contributed by atoms with Crippen molar-refractivity contribution < 1.29 is 9.90 Å². The van der Waals surface area contributed by atoms with Crippen LogP contribution in [-0.2, 0) is 4.79 Å². The zero-order valence-electron chi connectivity index (χ0n) is 11.2. The van der Waals surface area contributed by atoms with Crippen LogP contribution in [0.1, 0.15) is 58.8 Å². The number of hydrogen-bond acceptors (Lipinski definition) is 2. The smallest absolute Gasteiger partial charge is 0.223 e. The number of carbonyl (C=O) groups is 1. The van der Waals surface area contributed by atoms with E-state index in [9.17, 15) is 4.79 Å². The van der Waals surface area contributed by atoms with E-state index in [0.717, 1.165) is 6.42 Å². The highest BCUT2D eigenvalue weighted by Crippen LogP contribution is 2.27. The van der Waals surface area contributed by atoms with E-state index in [1.807, 2.05) is 13.8 Å². The Balaban J connectivity index is 2.49. The zero-order chi connectivity index (χ0) is 12.7. The highest BCUT2D eigenvalue weighted by molar-refractivity contribution is 5.78. The van der Waals surface area contributed by atoms with E-state index in [4.69, 9.17) is 5.11 Å². The van der Waals surface area contributed by atoms with Crippen molar-refractivity contribution in [1.29, 1.82) is 0 Å². The van der Waals surface area contributed by atoms with Crippen LogP contribution in [0.5, 0.6) is 0 Å². The molecule has 1 aliphatic rings. The minimum Gasteiger partial charge on any atom is -0.396 e. The Bertz CT molecular complexity index is 224. The number of aliphatic hydroxyl groups excluding tert-OH is 1. The summed E-state index contributed by atoms with van der Waals surface area (Å²) in [6.07, 6.45) is 7.84. The first-order valence-corrected chi connectivity index (χ1v) is 7.10. The van der Waals surface area contributed by atoms with Gasteiger partial charge in [-0.1, -0.05) is 33.1 Å². The van der Waals surface area contributed by atoms with Gasteiger partial charge in [-0.2, -0.15) is 0 Å². The number of carbonyl (C=O) groups excluding carboxylic acids is 1. The summed E-state index contributed by atoms with van der Waals surface area (Å²) in [4.78, 5) is 11.9. The second kappa shape index (κ2) is 7.70. The summed E-state index contributed by atoms with van der Waals surface area (Å²) in [5, 5.41) is 12.3. The van der Waals surface area contributed by atoms with Gasteiger partial charge in [-0.15, -0.1) is 0 Å².